The fourth-order valence-electron chi connectivity index (χ4n) is 1.92. The van der Waals surface area contributed by atoms with Gasteiger partial charge in [-0.3, -0.25) is 0 Å². The van der Waals surface area contributed by atoms with E-state index in [2.05, 4.69) is 5.32 Å². The second-order valence-corrected chi connectivity index (χ2v) is 4.53. The number of carboxylic acids is 1. The number of hydrogen-bond donors (Lipinski definition) is 2. The van der Waals surface area contributed by atoms with E-state index in [-0.39, 0.29) is 5.56 Å². The second-order valence-electron chi connectivity index (χ2n) is 4.53. The smallest absolute Gasteiger partial charge is 0.337 e. The molecule has 0 saturated carbocycles. The van der Waals surface area contributed by atoms with Gasteiger partial charge < -0.3 is 15.3 Å². The van der Waals surface area contributed by atoms with E-state index < -0.39 is 11.8 Å². The third kappa shape index (κ3) is 2.88. The molecular weight excluding hydrogens is 259 g/mol. The predicted octanol–water partition coefficient (Wildman–Crippen LogP) is 3.33. The van der Waals surface area contributed by atoms with E-state index in [9.17, 15) is 9.18 Å². The number of rotatable bonds is 4. The van der Waals surface area contributed by atoms with Gasteiger partial charge in [0.25, 0.3) is 0 Å². The van der Waals surface area contributed by atoms with Crippen LogP contribution < -0.4 is 10.2 Å². The van der Waals surface area contributed by atoms with E-state index in [1.165, 1.54) is 12.1 Å². The summed E-state index contributed by atoms with van der Waals surface area (Å²) in [5, 5.41) is 12.2. The third-order valence-corrected chi connectivity index (χ3v) is 2.87. The number of para-hydroxylation sites is 2. The Balaban J connectivity index is 2.43. The number of anilines is 3. The highest BCUT2D eigenvalue weighted by Crippen LogP contribution is 2.29. The molecule has 0 radical (unpaired) electrons. The maximum Gasteiger partial charge on any atom is 0.337 e. The molecule has 0 saturated heterocycles. The molecule has 4 nitrogen and oxygen atoms in total. The van der Waals surface area contributed by atoms with Gasteiger partial charge in [0.15, 0.2) is 0 Å². The number of halogens is 1. The van der Waals surface area contributed by atoms with Crippen molar-refractivity contribution < 1.29 is 14.3 Å². The van der Waals surface area contributed by atoms with E-state index >= 15 is 0 Å². The Kier molecular flexibility index (Phi) is 3.89. The van der Waals surface area contributed by atoms with Crippen LogP contribution in [0.4, 0.5) is 21.5 Å². The SMILES string of the molecule is CN(C)c1ccccc1Nc1ccc(F)cc1C(=O)O. The molecule has 0 fully saturated rings. The molecular formula is C15H15FN2O2. The molecule has 104 valence electrons. The van der Waals surface area contributed by atoms with Gasteiger partial charge in [-0.25, -0.2) is 9.18 Å². The zero-order chi connectivity index (χ0) is 14.7. The van der Waals surface area contributed by atoms with Crippen molar-refractivity contribution >= 4 is 23.0 Å². The van der Waals surface area contributed by atoms with Crippen molar-refractivity contribution in [2.24, 2.45) is 0 Å². The Morgan fingerprint density at radius 1 is 1.15 bits per heavy atom. The molecule has 0 aromatic heterocycles. The lowest BCUT2D eigenvalue weighted by molar-refractivity contribution is 0.0697. The van der Waals surface area contributed by atoms with Gasteiger partial charge in [0.2, 0.25) is 0 Å². The second kappa shape index (κ2) is 5.61. The van der Waals surface area contributed by atoms with E-state index in [4.69, 9.17) is 5.11 Å². The highest BCUT2D eigenvalue weighted by atomic mass is 19.1. The molecule has 0 aliphatic carbocycles. The van der Waals surface area contributed by atoms with Gasteiger partial charge in [-0.1, -0.05) is 12.1 Å². The highest BCUT2D eigenvalue weighted by molar-refractivity contribution is 5.95. The molecule has 0 heterocycles. The Morgan fingerprint density at radius 2 is 1.85 bits per heavy atom. The first-order valence-corrected chi connectivity index (χ1v) is 6.05. The summed E-state index contributed by atoms with van der Waals surface area (Å²) in [6.07, 6.45) is 0. The summed E-state index contributed by atoms with van der Waals surface area (Å²) in [5.74, 6) is -1.75. The van der Waals surface area contributed by atoms with E-state index in [1.54, 1.807) is 0 Å². The molecule has 0 bridgehead atoms. The van der Waals surface area contributed by atoms with Crippen molar-refractivity contribution in [3.05, 3.63) is 53.8 Å². The van der Waals surface area contributed by atoms with Gasteiger partial charge in [-0.05, 0) is 30.3 Å². The molecule has 0 amide bonds. The summed E-state index contributed by atoms with van der Waals surface area (Å²) < 4.78 is 13.2. The maximum atomic E-state index is 13.2. The normalized spacial score (nSPS) is 10.2. The molecule has 2 aromatic rings. The van der Waals surface area contributed by atoms with Crippen LogP contribution in [0.15, 0.2) is 42.5 Å². The summed E-state index contributed by atoms with van der Waals surface area (Å²) in [4.78, 5) is 13.1. The van der Waals surface area contributed by atoms with Gasteiger partial charge in [-0.15, -0.1) is 0 Å². The van der Waals surface area contributed by atoms with Crippen LogP contribution in [0.25, 0.3) is 0 Å². The van der Waals surface area contributed by atoms with Crippen LogP contribution in [0.2, 0.25) is 0 Å². The van der Waals surface area contributed by atoms with Crippen LogP contribution in [-0.2, 0) is 0 Å². The van der Waals surface area contributed by atoms with Crippen LogP contribution in [0.1, 0.15) is 10.4 Å². The largest absolute Gasteiger partial charge is 0.478 e. The lowest BCUT2D eigenvalue weighted by Gasteiger charge is -2.19. The van der Waals surface area contributed by atoms with Crippen LogP contribution >= 0.6 is 0 Å². The Labute approximate surface area is 116 Å². The van der Waals surface area contributed by atoms with Crippen LogP contribution in [-0.4, -0.2) is 25.2 Å². The number of carbonyl (C=O) groups is 1. The van der Waals surface area contributed by atoms with E-state index in [0.29, 0.717) is 5.69 Å². The molecule has 2 aromatic carbocycles. The molecule has 2 N–H and O–H groups in total. The molecule has 0 unspecified atom stereocenters. The number of carboxylic acid groups (broad SMARTS) is 1. The number of nitrogens with zero attached hydrogens (tertiary/aromatic N) is 1. The average Bonchev–Trinajstić information content (AvgIpc) is 2.41. The van der Waals surface area contributed by atoms with Gasteiger partial charge >= 0.3 is 5.97 Å². The number of aromatic carboxylic acids is 1. The fraction of sp³-hybridized carbons (Fsp3) is 0.133. The first kappa shape index (κ1) is 13.9. The minimum Gasteiger partial charge on any atom is -0.478 e. The Bertz CT molecular complexity index is 642. The summed E-state index contributed by atoms with van der Waals surface area (Å²) in [6, 6.07) is 11.1. The summed E-state index contributed by atoms with van der Waals surface area (Å²) in [7, 11) is 3.78. The highest BCUT2D eigenvalue weighted by Gasteiger charge is 2.13. The zero-order valence-corrected chi connectivity index (χ0v) is 11.2. The lowest BCUT2D eigenvalue weighted by atomic mass is 10.1. The van der Waals surface area contributed by atoms with Crippen LogP contribution in [0.5, 0.6) is 0 Å². The number of hydrogen-bond acceptors (Lipinski definition) is 3. The van der Waals surface area contributed by atoms with Crippen LogP contribution in [0.3, 0.4) is 0 Å². The van der Waals surface area contributed by atoms with Crippen molar-refractivity contribution in [1.29, 1.82) is 0 Å². The van der Waals surface area contributed by atoms with Gasteiger partial charge in [0, 0.05) is 14.1 Å². The lowest BCUT2D eigenvalue weighted by Crippen LogP contribution is -2.11. The minimum absolute atomic E-state index is 0.0986. The van der Waals surface area contributed by atoms with Crippen molar-refractivity contribution in [2.75, 3.05) is 24.3 Å². The molecule has 0 spiro atoms. The zero-order valence-electron chi connectivity index (χ0n) is 11.2. The molecule has 0 aliphatic rings. The average molecular weight is 274 g/mol. The quantitative estimate of drug-likeness (QED) is 0.898. The predicted molar refractivity (Wildman–Crippen MR) is 77.4 cm³/mol. The first-order chi connectivity index (χ1) is 9.49. The number of nitrogens with one attached hydrogen (secondary N) is 1. The standard InChI is InChI=1S/C15H15FN2O2/c1-18(2)14-6-4-3-5-13(14)17-12-8-7-10(16)9-11(12)15(19)20/h3-9,17H,1-2H3,(H,19,20). The number of benzene rings is 2. The van der Waals surface area contributed by atoms with Gasteiger partial charge in [0.05, 0.1) is 22.6 Å². The van der Waals surface area contributed by atoms with Crippen LogP contribution in [0, 0.1) is 5.82 Å². The van der Waals surface area contributed by atoms with Crippen molar-refractivity contribution in [3.63, 3.8) is 0 Å². The molecule has 20 heavy (non-hydrogen) atoms. The summed E-state index contributed by atoms with van der Waals surface area (Å²) in [5.41, 5.74) is 1.92. The molecule has 5 heteroatoms. The van der Waals surface area contributed by atoms with Crippen molar-refractivity contribution in [3.8, 4) is 0 Å². The minimum atomic E-state index is -1.17. The van der Waals surface area contributed by atoms with E-state index in [0.717, 1.165) is 17.4 Å². The van der Waals surface area contributed by atoms with Crippen molar-refractivity contribution in [1.82, 2.24) is 0 Å². The first-order valence-electron chi connectivity index (χ1n) is 6.05. The Morgan fingerprint density at radius 3 is 2.50 bits per heavy atom. The van der Waals surface area contributed by atoms with Gasteiger partial charge in [-0.2, -0.15) is 0 Å². The summed E-state index contributed by atoms with van der Waals surface area (Å²) in [6.45, 7) is 0. The van der Waals surface area contributed by atoms with Crippen molar-refractivity contribution in [2.45, 2.75) is 0 Å². The third-order valence-electron chi connectivity index (χ3n) is 2.87. The monoisotopic (exact) mass is 274 g/mol. The molecule has 0 atom stereocenters. The fourth-order valence-corrected chi connectivity index (χ4v) is 1.92. The van der Waals surface area contributed by atoms with Gasteiger partial charge in [0.1, 0.15) is 5.82 Å². The molecule has 0 aliphatic heterocycles. The maximum absolute atomic E-state index is 13.2. The summed E-state index contributed by atoms with van der Waals surface area (Å²) >= 11 is 0. The van der Waals surface area contributed by atoms with E-state index in [1.807, 2.05) is 43.3 Å². The Hall–Kier alpha value is -2.56. The molecule has 2 rings (SSSR count). The topological polar surface area (TPSA) is 52.6 Å².